The van der Waals surface area contributed by atoms with E-state index in [1.807, 2.05) is 6.92 Å². The number of hydrogen-bond donors (Lipinski definition) is 1. The summed E-state index contributed by atoms with van der Waals surface area (Å²) in [5.74, 6) is 0. The molecule has 0 aromatic heterocycles. The Kier molecular flexibility index (Phi) is 5.42. The maximum atomic E-state index is 10.4. The number of rotatable bonds is 7. The highest BCUT2D eigenvalue weighted by Crippen LogP contribution is 2.38. The van der Waals surface area contributed by atoms with Crippen LogP contribution in [0.3, 0.4) is 0 Å². The van der Waals surface area contributed by atoms with Gasteiger partial charge >= 0.3 is 0 Å². The van der Waals surface area contributed by atoms with Crippen molar-refractivity contribution in [1.29, 1.82) is 0 Å². The fourth-order valence-electron chi connectivity index (χ4n) is 2.68. The van der Waals surface area contributed by atoms with Gasteiger partial charge in [-0.15, -0.1) is 0 Å². The van der Waals surface area contributed by atoms with Gasteiger partial charge in [-0.05, 0) is 46.5 Å². The first-order valence-corrected chi connectivity index (χ1v) is 6.83. The van der Waals surface area contributed by atoms with Crippen LogP contribution in [0.25, 0.3) is 0 Å². The zero-order valence-corrected chi connectivity index (χ0v) is 11.8. The molecule has 1 unspecified atom stereocenters. The molecule has 0 aliphatic heterocycles. The molecule has 0 amide bonds. The summed E-state index contributed by atoms with van der Waals surface area (Å²) in [5, 5.41) is 10.4. The van der Waals surface area contributed by atoms with Crippen molar-refractivity contribution in [3.63, 3.8) is 0 Å². The van der Waals surface area contributed by atoms with Gasteiger partial charge in [0.15, 0.2) is 0 Å². The molecule has 1 N–H and O–H groups in total. The van der Waals surface area contributed by atoms with Gasteiger partial charge in [0.05, 0.1) is 17.3 Å². The second-order valence-corrected chi connectivity index (χ2v) is 5.72. The smallest absolute Gasteiger partial charge is 0.0940 e. The molecular formula is C14H28O3. The van der Waals surface area contributed by atoms with Crippen LogP contribution in [-0.2, 0) is 9.47 Å². The first kappa shape index (κ1) is 14.9. The Labute approximate surface area is 105 Å². The van der Waals surface area contributed by atoms with Crippen LogP contribution >= 0.6 is 0 Å². The molecule has 1 fully saturated rings. The average molecular weight is 244 g/mol. The van der Waals surface area contributed by atoms with Crippen LogP contribution < -0.4 is 0 Å². The Morgan fingerprint density at radius 2 is 1.88 bits per heavy atom. The summed E-state index contributed by atoms with van der Waals surface area (Å²) in [6.07, 6.45) is 5.58. The van der Waals surface area contributed by atoms with Gasteiger partial charge in [-0.25, -0.2) is 0 Å². The molecule has 0 aromatic rings. The first-order valence-electron chi connectivity index (χ1n) is 6.83. The minimum atomic E-state index is -0.362. The van der Waals surface area contributed by atoms with Crippen LogP contribution in [0.1, 0.15) is 59.3 Å². The maximum Gasteiger partial charge on any atom is 0.0940 e. The van der Waals surface area contributed by atoms with Crippen LogP contribution in [0, 0.1) is 0 Å². The second kappa shape index (κ2) is 6.17. The third-order valence-electron chi connectivity index (χ3n) is 4.06. The lowest BCUT2D eigenvalue weighted by molar-refractivity contribution is -0.124. The van der Waals surface area contributed by atoms with E-state index in [4.69, 9.17) is 9.47 Å². The highest BCUT2D eigenvalue weighted by Gasteiger charge is 2.41. The van der Waals surface area contributed by atoms with Crippen molar-refractivity contribution in [3.8, 4) is 0 Å². The summed E-state index contributed by atoms with van der Waals surface area (Å²) < 4.78 is 11.3. The molecule has 0 saturated heterocycles. The molecule has 1 aliphatic carbocycles. The summed E-state index contributed by atoms with van der Waals surface area (Å²) in [6, 6.07) is 0. The third kappa shape index (κ3) is 3.94. The molecule has 1 rings (SSSR count). The van der Waals surface area contributed by atoms with Crippen molar-refractivity contribution >= 4 is 0 Å². The van der Waals surface area contributed by atoms with Crippen molar-refractivity contribution < 1.29 is 14.6 Å². The van der Waals surface area contributed by atoms with Crippen molar-refractivity contribution in [1.82, 2.24) is 0 Å². The molecule has 0 aromatic carbocycles. The minimum absolute atomic E-state index is 0.160. The molecule has 0 spiro atoms. The highest BCUT2D eigenvalue weighted by atomic mass is 16.5. The SMILES string of the molecule is CCOC1(C(O)CCC(C)(C)OC)CCCC1. The molecule has 17 heavy (non-hydrogen) atoms. The van der Waals surface area contributed by atoms with E-state index in [1.54, 1.807) is 7.11 Å². The van der Waals surface area contributed by atoms with Gasteiger partial charge < -0.3 is 14.6 Å². The molecule has 0 bridgehead atoms. The van der Waals surface area contributed by atoms with Crippen LogP contribution in [0.5, 0.6) is 0 Å². The molecular weight excluding hydrogens is 216 g/mol. The monoisotopic (exact) mass is 244 g/mol. The predicted molar refractivity (Wildman–Crippen MR) is 69.2 cm³/mol. The normalized spacial score (nSPS) is 21.7. The Balaban J connectivity index is 2.51. The van der Waals surface area contributed by atoms with E-state index in [-0.39, 0.29) is 17.3 Å². The van der Waals surface area contributed by atoms with Gasteiger partial charge in [0, 0.05) is 13.7 Å². The van der Waals surface area contributed by atoms with Crippen molar-refractivity contribution in [2.75, 3.05) is 13.7 Å². The van der Waals surface area contributed by atoms with E-state index in [0.717, 1.165) is 25.7 Å². The van der Waals surface area contributed by atoms with E-state index >= 15 is 0 Å². The lowest BCUT2D eigenvalue weighted by Crippen LogP contribution is -2.43. The standard InChI is InChI=1S/C14H28O3/c1-5-17-14(9-6-7-10-14)12(15)8-11-13(2,3)16-4/h12,15H,5-11H2,1-4H3. The van der Waals surface area contributed by atoms with Gasteiger partial charge in [0.2, 0.25) is 0 Å². The van der Waals surface area contributed by atoms with E-state index in [1.165, 1.54) is 12.8 Å². The van der Waals surface area contributed by atoms with E-state index in [2.05, 4.69) is 13.8 Å². The Morgan fingerprint density at radius 1 is 1.29 bits per heavy atom. The van der Waals surface area contributed by atoms with Gasteiger partial charge in [0.1, 0.15) is 0 Å². The van der Waals surface area contributed by atoms with Crippen molar-refractivity contribution in [2.24, 2.45) is 0 Å². The molecule has 0 heterocycles. The Hall–Kier alpha value is -0.120. The van der Waals surface area contributed by atoms with Gasteiger partial charge in [-0.1, -0.05) is 12.8 Å². The van der Waals surface area contributed by atoms with Crippen LogP contribution in [0.4, 0.5) is 0 Å². The van der Waals surface area contributed by atoms with Gasteiger partial charge in [0.25, 0.3) is 0 Å². The summed E-state index contributed by atoms with van der Waals surface area (Å²) >= 11 is 0. The van der Waals surface area contributed by atoms with E-state index in [0.29, 0.717) is 6.61 Å². The third-order valence-corrected chi connectivity index (χ3v) is 4.06. The maximum absolute atomic E-state index is 10.4. The fraction of sp³-hybridized carbons (Fsp3) is 1.00. The molecule has 0 radical (unpaired) electrons. The molecule has 1 aliphatic rings. The number of aliphatic hydroxyl groups excluding tert-OH is 1. The molecule has 1 saturated carbocycles. The Morgan fingerprint density at radius 3 is 2.35 bits per heavy atom. The highest BCUT2D eigenvalue weighted by molar-refractivity contribution is 4.93. The van der Waals surface area contributed by atoms with E-state index in [9.17, 15) is 5.11 Å². The summed E-state index contributed by atoms with van der Waals surface area (Å²) in [7, 11) is 1.72. The number of hydrogen-bond acceptors (Lipinski definition) is 3. The van der Waals surface area contributed by atoms with Crippen LogP contribution in [0.15, 0.2) is 0 Å². The Bertz CT molecular complexity index is 220. The molecule has 1 atom stereocenters. The second-order valence-electron chi connectivity index (χ2n) is 5.72. The number of ether oxygens (including phenoxy) is 2. The van der Waals surface area contributed by atoms with E-state index < -0.39 is 0 Å². The summed E-state index contributed by atoms with van der Waals surface area (Å²) in [6.45, 7) is 6.81. The quantitative estimate of drug-likeness (QED) is 0.748. The number of aliphatic hydroxyl groups is 1. The summed E-state index contributed by atoms with van der Waals surface area (Å²) in [4.78, 5) is 0. The van der Waals surface area contributed by atoms with Crippen molar-refractivity contribution in [3.05, 3.63) is 0 Å². The largest absolute Gasteiger partial charge is 0.390 e. The fourth-order valence-corrected chi connectivity index (χ4v) is 2.68. The van der Waals surface area contributed by atoms with Gasteiger partial charge in [-0.3, -0.25) is 0 Å². The molecule has 102 valence electrons. The zero-order valence-electron chi connectivity index (χ0n) is 11.8. The molecule has 3 nitrogen and oxygen atoms in total. The van der Waals surface area contributed by atoms with Crippen molar-refractivity contribution in [2.45, 2.75) is 76.6 Å². The van der Waals surface area contributed by atoms with Crippen LogP contribution in [0.2, 0.25) is 0 Å². The topological polar surface area (TPSA) is 38.7 Å². The number of methoxy groups -OCH3 is 1. The minimum Gasteiger partial charge on any atom is -0.390 e. The molecule has 3 heteroatoms. The van der Waals surface area contributed by atoms with Crippen LogP contribution in [-0.4, -0.2) is 36.1 Å². The van der Waals surface area contributed by atoms with Gasteiger partial charge in [-0.2, -0.15) is 0 Å². The average Bonchev–Trinajstić information content (AvgIpc) is 2.76. The first-order chi connectivity index (χ1) is 7.96. The summed E-state index contributed by atoms with van der Waals surface area (Å²) in [5.41, 5.74) is -0.439. The predicted octanol–water partition coefficient (Wildman–Crippen LogP) is 2.90. The lowest BCUT2D eigenvalue weighted by Gasteiger charge is -2.35. The zero-order chi connectivity index (χ0) is 12.9. The lowest BCUT2D eigenvalue weighted by atomic mass is 9.88.